The Hall–Kier alpha value is -1.55. The van der Waals surface area contributed by atoms with Gasteiger partial charge in [-0.15, -0.1) is 0 Å². The van der Waals surface area contributed by atoms with Crippen molar-refractivity contribution in [2.45, 2.75) is 26.8 Å². The number of likely N-dealkylation sites (N-methyl/N-ethyl adjacent to an activating group) is 1. The molecule has 0 aromatic heterocycles. The predicted molar refractivity (Wildman–Crippen MR) is 71.0 cm³/mol. The van der Waals surface area contributed by atoms with Crippen LogP contribution in [0.5, 0.6) is 5.75 Å². The zero-order valence-corrected chi connectivity index (χ0v) is 11.4. The second-order valence-corrected chi connectivity index (χ2v) is 4.19. The minimum Gasteiger partial charge on any atom is -0.496 e. The number of carboxylic acids is 1. The lowest BCUT2D eigenvalue weighted by atomic mass is 10.0. The van der Waals surface area contributed by atoms with Crippen LogP contribution in [0.3, 0.4) is 0 Å². The lowest BCUT2D eigenvalue weighted by Crippen LogP contribution is -2.33. The first kappa shape index (κ1) is 14.5. The van der Waals surface area contributed by atoms with E-state index >= 15 is 0 Å². The quantitative estimate of drug-likeness (QED) is 0.843. The molecule has 0 aliphatic rings. The molecule has 0 fully saturated rings. The third-order valence-corrected chi connectivity index (χ3v) is 3.15. The van der Waals surface area contributed by atoms with E-state index in [0.717, 1.165) is 16.9 Å². The lowest BCUT2D eigenvalue weighted by molar-refractivity contribution is -0.143. The van der Waals surface area contributed by atoms with Crippen molar-refractivity contribution in [1.82, 2.24) is 4.90 Å². The number of nitrogens with zero attached hydrogens (tertiary/aromatic N) is 1. The minimum absolute atomic E-state index is 0.593. The van der Waals surface area contributed by atoms with Crippen LogP contribution in [0.1, 0.15) is 31.0 Å². The molecule has 4 heteroatoms. The number of rotatable bonds is 6. The van der Waals surface area contributed by atoms with Crippen molar-refractivity contribution < 1.29 is 14.6 Å². The summed E-state index contributed by atoms with van der Waals surface area (Å²) in [5.74, 6) is -0.0364. The smallest absolute Gasteiger partial charge is 0.325 e. The van der Waals surface area contributed by atoms with Crippen molar-refractivity contribution in [2.24, 2.45) is 0 Å². The van der Waals surface area contributed by atoms with Crippen LogP contribution in [0.25, 0.3) is 0 Å². The van der Waals surface area contributed by atoms with Gasteiger partial charge in [0.2, 0.25) is 0 Å². The summed E-state index contributed by atoms with van der Waals surface area (Å²) >= 11 is 0. The molecule has 4 nitrogen and oxygen atoms in total. The normalized spacial score (nSPS) is 12.5. The highest BCUT2D eigenvalue weighted by atomic mass is 16.5. The highest BCUT2D eigenvalue weighted by Gasteiger charge is 2.25. The SMILES string of the molecule is CCN(CC)C(C(=O)O)c1ccc(OC)c(C)c1. The Morgan fingerprint density at radius 3 is 2.39 bits per heavy atom. The summed E-state index contributed by atoms with van der Waals surface area (Å²) in [6.07, 6.45) is 0. The molecule has 1 rings (SSSR count). The van der Waals surface area contributed by atoms with Crippen LogP contribution < -0.4 is 4.74 Å². The van der Waals surface area contributed by atoms with E-state index in [1.807, 2.05) is 43.9 Å². The van der Waals surface area contributed by atoms with E-state index in [9.17, 15) is 9.90 Å². The van der Waals surface area contributed by atoms with Gasteiger partial charge in [0, 0.05) is 0 Å². The summed E-state index contributed by atoms with van der Waals surface area (Å²) < 4.78 is 5.19. The van der Waals surface area contributed by atoms with Crippen molar-refractivity contribution in [3.63, 3.8) is 0 Å². The number of hydrogen-bond acceptors (Lipinski definition) is 3. The average molecular weight is 251 g/mol. The van der Waals surface area contributed by atoms with Crippen LogP contribution in [0.15, 0.2) is 18.2 Å². The van der Waals surface area contributed by atoms with Gasteiger partial charge in [-0.1, -0.05) is 26.0 Å². The summed E-state index contributed by atoms with van der Waals surface area (Å²) in [6, 6.07) is 4.94. The van der Waals surface area contributed by atoms with Crippen LogP contribution in [-0.2, 0) is 4.79 Å². The van der Waals surface area contributed by atoms with Gasteiger partial charge in [-0.05, 0) is 37.2 Å². The molecule has 1 atom stereocenters. The molecule has 1 aromatic carbocycles. The van der Waals surface area contributed by atoms with Crippen LogP contribution in [0.4, 0.5) is 0 Å². The van der Waals surface area contributed by atoms with Crippen molar-refractivity contribution in [1.29, 1.82) is 0 Å². The Bertz CT molecular complexity index is 414. The Morgan fingerprint density at radius 2 is 2.00 bits per heavy atom. The monoisotopic (exact) mass is 251 g/mol. The van der Waals surface area contributed by atoms with Gasteiger partial charge >= 0.3 is 5.97 Å². The van der Waals surface area contributed by atoms with Gasteiger partial charge in [-0.3, -0.25) is 9.69 Å². The summed E-state index contributed by atoms with van der Waals surface area (Å²) in [7, 11) is 1.61. The second kappa shape index (κ2) is 6.40. The number of methoxy groups -OCH3 is 1. The van der Waals surface area contributed by atoms with Crippen molar-refractivity contribution in [2.75, 3.05) is 20.2 Å². The Kier molecular flexibility index (Phi) is 5.16. The van der Waals surface area contributed by atoms with E-state index < -0.39 is 12.0 Å². The fraction of sp³-hybridized carbons (Fsp3) is 0.500. The molecular formula is C14H21NO3. The summed E-state index contributed by atoms with van der Waals surface area (Å²) in [5, 5.41) is 9.40. The number of hydrogen-bond donors (Lipinski definition) is 1. The highest BCUT2D eigenvalue weighted by Crippen LogP contribution is 2.26. The molecule has 0 radical (unpaired) electrons. The topological polar surface area (TPSA) is 49.8 Å². The molecule has 18 heavy (non-hydrogen) atoms. The molecule has 100 valence electrons. The van der Waals surface area contributed by atoms with Crippen molar-refractivity contribution in [3.8, 4) is 5.75 Å². The number of carbonyl (C=O) groups is 1. The molecular weight excluding hydrogens is 230 g/mol. The molecule has 0 heterocycles. The molecule has 0 aliphatic heterocycles. The van der Waals surface area contributed by atoms with E-state index in [2.05, 4.69) is 0 Å². The number of aryl methyl sites for hydroxylation is 1. The molecule has 0 bridgehead atoms. The summed E-state index contributed by atoms with van der Waals surface area (Å²) in [5.41, 5.74) is 1.75. The molecule has 1 aromatic rings. The zero-order chi connectivity index (χ0) is 13.7. The number of benzene rings is 1. The first-order valence-electron chi connectivity index (χ1n) is 6.16. The van der Waals surface area contributed by atoms with Crippen LogP contribution in [-0.4, -0.2) is 36.2 Å². The Balaban J connectivity index is 3.14. The fourth-order valence-electron chi connectivity index (χ4n) is 2.17. The van der Waals surface area contributed by atoms with Crippen LogP contribution in [0, 0.1) is 6.92 Å². The van der Waals surface area contributed by atoms with Gasteiger partial charge in [0.15, 0.2) is 0 Å². The molecule has 0 amide bonds. The maximum Gasteiger partial charge on any atom is 0.325 e. The molecule has 1 unspecified atom stereocenters. The number of ether oxygens (including phenoxy) is 1. The maximum atomic E-state index is 11.5. The maximum absolute atomic E-state index is 11.5. The fourth-order valence-corrected chi connectivity index (χ4v) is 2.17. The van der Waals surface area contributed by atoms with E-state index in [-0.39, 0.29) is 0 Å². The van der Waals surface area contributed by atoms with E-state index in [4.69, 9.17) is 4.74 Å². The van der Waals surface area contributed by atoms with E-state index in [0.29, 0.717) is 13.1 Å². The van der Waals surface area contributed by atoms with Crippen LogP contribution >= 0.6 is 0 Å². The van der Waals surface area contributed by atoms with E-state index in [1.165, 1.54) is 0 Å². The Labute approximate surface area is 108 Å². The molecule has 0 spiro atoms. The van der Waals surface area contributed by atoms with Crippen molar-refractivity contribution in [3.05, 3.63) is 29.3 Å². The number of carboxylic acid groups (broad SMARTS) is 1. The van der Waals surface area contributed by atoms with Gasteiger partial charge in [0.1, 0.15) is 11.8 Å². The number of aliphatic carboxylic acids is 1. The molecule has 1 N–H and O–H groups in total. The standard InChI is InChI=1S/C14H21NO3/c1-5-15(6-2)13(14(16)17)11-7-8-12(18-4)10(3)9-11/h7-9,13H,5-6H2,1-4H3,(H,16,17). The third kappa shape index (κ3) is 3.01. The van der Waals surface area contributed by atoms with Gasteiger partial charge in [0.25, 0.3) is 0 Å². The second-order valence-electron chi connectivity index (χ2n) is 4.19. The predicted octanol–water partition coefficient (Wildman–Crippen LogP) is 2.47. The van der Waals surface area contributed by atoms with Gasteiger partial charge in [-0.25, -0.2) is 0 Å². The molecule has 0 saturated carbocycles. The average Bonchev–Trinajstić information content (AvgIpc) is 2.35. The first-order chi connectivity index (χ1) is 8.54. The van der Waals surface area contributed by atoms with E-state index in [1.54, 1.807) is 7.11 Å². The highest BCUT2D eigenvalue weighted by molar-refractivity contribution is 5.75. The van der Waals surface area contributed by atoms with Crippen LogP contribution in [0.2, 0.25) is 0 Å². The van der Waals surface area contributed by atoms with Gasteiger partial charge in [-0.2, -0.15) is 0 Å². The summed E-state index contributed by atoms with van der Waals surface area (Å²) in [4.78, 5) is 13.4. The van der Waals surface area contributed by atoms with Crippen molar-refractivity contribution >= 4 is 5.97 Å². The lowest BCUT2D eigenvalue weighted by Gasteiger charge is -2.26. The van der Waals surface area contributed by atoms with Gasteiger partial charge in [0.05, 0.1) is 7.11 Å². The Morgan fingerprint density at radius 1 is 1.39 bits per heavy atom. The largest absolute Gasteiger partial charge is 0.496 e. The summed E-state index contributed by atoms with van der Waals surface area (Å²) in [6.45, 7) is 7.27. The minimum atomic E-state index is -0.816. The molecule has 0 aliphatic carbocycles. The third-order valence-electron chi connectivity index (χ3n) is 3.15. The van der Waals surface area contributed by atoms with Gasteiger partial charge < -0.3 is 9.84 Å². The molecule has 0 saturated heterocycles. The zero-order valence-electron chi connectivity index (χ0n) is 11.4. The first-order valence-corrected chi connectivity index (χ1v) is 6.16.